The highest BCUT2D eigenvalue weighted by Gasteiger charge is 2.36. The number of carboxylic acids is 1. The number of nitrogens with two attached hydrogens (primary N) is 1. The smallest absolute Gasteiger partial charge is 0.323 e. The maximum Gasteiger partial charge on any atom is 0.323 e. The summed E-state index contributed by atoms with van der Waals surface area (Å²) in [5.41, 5.74) is 5.59. The molecule has 1 aliphatic heterocycles. The van der Waals surface area contributed by atoms with Gasteiger partial charge in [0.05, 0.1) is 11.5 Å². The molecule has 1 fully saturated rings. The maximum atomic E-state index is 12.2. The van der Waals surface area contributed by atoms with Crippen LogP contribution in [0.15, 0.2) is 23.1 Å². The molecule has 10 heteroatoms. The van der Waals surface area contributed by atoms with Crippen molar-refractivity contribution in [3.63, 3.8) is 0 Å². The summed E-state index contributed by atoms with van der Waals surface area (Å²) in [6, 6.07) is 4.72. The molecule has 0 bridgehead atoms. The number of amides is 3. The van der Waals surface area contributed by atoms with Crippen LogP contribution in [0, 0.1) is 0 Å². The SMILES string of the molecule is CCOc1cc(/C=C2/SC(=O)N(CC(=O)O)C2=O)ccc1OCC(N)=O. The number of benzene rings is 1. The molecule has 0 aromatic heterocycles. The lowest BCUT2D eigenvalue weighted by atomic mass is 10.2. The van der Waals surface area contributed by atoms with E-state index in [4.69, 9.17) is 20.3 Å². The fourth-order valence-electron chi connectivity index (χ4n) is 2.07. The van der Waals surface area contributed by atoms with Crippen molar-refractivity contribution < 1.29 is 33.8 Å². The summed E-state index contributed by atoms with van der Waals surface area (Å²) in [7, 11) is 0. The number of nitrogens with zero attached hydrogens (tertiary/aromatic N) is 1. The summed E-state index contributed by atoms with van der Waals surface area (Å²) in [4.78, 5) is 46.3. The van der Waals surface area contributed by atoms with E-state index in [1.165, 1.54) is 6.08 Å². The van der Waals surface area contributed by atoms with Gasteiger partial charge in [-0.15, -0.1) is 0 Å². The predicted octanol–water partition coefficient (Wildman–Crippen LogP) is 1.07. The van der Waals surface area contributed by atoms with Crippen molar-refractivity contribution in [2.75, 3.05) is 19.8 Å². The average molecular weight is 380 g/mol. The van der Waals surface area contributed by atoms with Gasteiger partial charge in [0.25, 0.3) is 17.1 Å². The maximum absolute atomic E-state index is 12.2. The van der Waals surface area contributed by atoms with Crippen LogP contribution in [-0.4, -0.2) is 52.8 Å². The zero-order chi connectivity index (χ0) is 19.3. The molecular formula is C16H16N2O7S. The molecule has 26 heavy (non-hydrogen) atoms. The summed E-state index contributed by atoms with van der Waals surface area (Å²) >= 11 is 0.658. The van der Waals surface area contributed by atoms with Crippen LogP contribution in [0.4, 0.5) is 4.79 Å². The molecule has 0 radical (unpaired) electrons. The Morgan fingerprint density at radius 2 is 2.00 bits per heavy atom. The number of carboxylic acid groups (broad SMARTS) is 1. The van der Waals surface area contributed by atoms with Crippen molar-refractivity contribution in [2.45, 2.75) is 6.92 Å². The minimum absolute atomic E-state index is 0.101. The van der Waals surface area contributed by atoms with Crippen molar-refractivity contribution in [1.82, 2.24) is 4.90 Å². The number of carbonyl (C=O) groups excluding carboxylic acids is 3. The molecular weight excluding hydrogens is 364 g/mol. The zero-order valence-corrected chi connectivity index (χ0v) is 14.6. The molecule has 0 saturated carbocycles. The highest BCUT2D eigenvalue weighted by Crippen LogP contribution is 2.34. The van der Waals surface area contributed by atoms with Crippen molar-refractivity contribution in [1.29, 1.82) is 0 Å². The van der Waals surface area contributed by atoms with Crippen LogP contribution in [0.25, 0.3) is 6.08 Å². The third-order valence-electron chi connectivity index (χ3n) is 3.10. The Morgan fingerprint density at radius 3 is 2.62 bits per heavy atom. The largest absolute Gasteiger partial charge is 0.490 e. The highest BCUT2D eigenvalue weighted by atomic mass is 32.2. The molecule has 1 aromatic rings. The van der Waals surface area contributed by atoms with Crippen LogP contribution in [-0.2, 0) is 14.4 Å². The van der Waals surface area contributed by atoms with Crippen LogP contribution in [0.2, 0.25) is 0 Å². The highest BCUT2D eigenvalue weighted by molar-refractivity contribution is 8.18. The quantitative estimate of drug-likeness (QED) is 0.639. The van der Waals surface area contributed by atoms with Gasteiger partial charge in [-0.05, 0) is 42.5 Å². The Labute approximate surface area is 152 Å². The Bertz CT molecular complexity index is 791. The van der Waals surface area contributed by atoms with Crippen molar-refractivity contribution in [2.24, 2.45) is 5.73 Å². The molecule has 1 heterocycles. The van der Waals surface area contributed by atoms with E-state index in [1.54, 1.807) is 25.1 Å². The number of carbonyl (C=O) groups is 4. The molecule has 9 nitrogen and oxygen atoms in total. The first-order chi connectivity index (χ1) is 12.3. The number of hydrogen-bond acceptors (Lipinski definition) is 7. The van der Waals surface area contributed by atoms with Gasteiger partial charge in [-0.1, -0.05) is 6.07 Å². The summed E-state index contributed by atoms with van der Waals surface area (Å²) in [5.74, 6) is -1.93. The Kier molecular flexibility index (Phi) is 6.23. The van der Waals surface area contributed by atoms with Crippen LogP contribution in [0.5, 0.6) is 11.5 Å². The van der Waals surface area contributed by atoms with Gasteiger partial charge >= 0.3 is 5.97 Å². The minimum atomic E-state index is -1.27. The third kappa shape index (κ3) is 4.76. The van der Waals surface area contributed by atoms with Gasteiger partial charge in [0.15, 0.2) is 18.1 Å². The number of primary amides is 1. The zero-order valence-electron chi connectivity index (χ0n) is 13.8. The third-order valence-corrected chi connectivity index (χ3v) is 4.01. The first-order valence-corrected chi connectivity index (χ1v) is 8.28. The van der Waals surface area contributed by atoms with Gasteiger partial charge in [0.2, 0.25) is 0 Å². The van der Waals surface area contributed by atoms with Crippen molar-refractivity contribution >= 4 is 40.9 Å². The molecule has 0 atom stereocenters. The summed E-state index contributed by atoms with van der Waals surface area (Å²) in [5, 5.41) is 8.12. The van der Waals surface area contributed by atoms with E-state index >= 15 is 0 Å². The van der Waals surface area contributed by atoms with E-state index in [0.29, 0.717) is 40.3 Å². The molecule has 1 aliphatic rings. The topological polar surface area (TPSA) is 136 Å². The van der Waals surface area contributed by atoms with Gasteiger partial charge in [0.1, 0.15) is 6.54 Å². The van der Waals surface area contributed by atoms with E-state index in [0.717, 1.165) is 0 Å². The normalized spacial score (nSPS) is 15.4. The molecule has 0 unspecified atom stereocenters. The second-order valence-electron chi connectivity index (χ2n) is 5.06. The van der Waals surface area contributed by atoms with Gasteiger partial charge in [-0.25, -0.2) is 0 Å². The number of thioether (sulfide) groups is 1. The number of aliphatic carboxylic acids is 1. The van der Waals surface area contributed by atoms with Gasteiger partial charge in [0, 0.05) is 0 Å². The van der Waals surface area contributed by atoms with Crippen LogP contribution in [0.1, 0.15) is 12.5 Å². The van der Waals surface area contributed by atoms with Crippen LogP contribution >= 0.6 is 11.8 Å². The lowest BCUT2D eigenvalue weighted by molar-refractivity contribution is -0.140. The van der Waals surface area contributed by atoms with Crippen molar-refractivity contribution in [3.8, 4) is 11.5 Å². The number of rotatable bonds is 8. The molecule has 138 valence electrons. The van der Waals surface area contributed by atoms with E-state index < -0.39 is 29.6 Å². The van der Waals surface area contributed by atoms with Crippen molar-refractivity contribution in [3.05, 3.63) is 28.7 Å². The average Bonchev–Trinajstić information content (AvgIpc) is 2.81. The summed E-state index contributed by atoms with van der Waals surface area (Å²) < 4.78 is 10.7. The first kappa shape index (κ1) is 19.3. The monoisotopic (exact) mass is 380 g/mol. The second-order valence-corrected chi connectivity index (χ2v) is 6.05. The molecule has 2 rings (SSSR count). The number of hydrogen-bond donors (Lipinski definition) is 2. The summed E-state index contributed by atoms with van der Waals surface area (Å²) in [6.45, 7) is 1.10. The number of imide groups is 1. The number of ether oxygens (including phenoxy) is 2. The fourth-order valence-corrected chi connectivity index (χ4v) is 2.91. The Balaban J connectivity index is 2.25. The van der Waals surface area contributed by atoms with E-state index in [9.17, 15) is 19.2 Å². The predicted molar refractivity (Wildman–Crippen MR) is 92.6 cm³/mol. The molecule has 3 amide bonds. The lowest BCUT2D eigenvalue weighted by Crippen LogP contribution is -2.33. The standard InChI is InChI=1S/C16H16N2O7S/c1-2-24-11-5-9(3-4-10(11)25-8-13(17)19)6-12-15(22)18(7-14(20)21)16(23)26-12/h3-6H,2,7-8H2,1H3,(H2,17,19)(H,20,21)/b12-6+. The van der Waals surface area contributed by atoms with Crippen LogP contribution < -0.4 is 15.2 Å². The fraction of sp³-hybridized carbons (Fsp3) is 0.250. The molecule has 1 aromatic carbocycles. The first-order valence-electron chi connectivity index (χ1n) is 7.47. The summed E-state index contributed by atoms with van der Waals surface area (Å²) in [6.07, 6.45) is 1.45. The van der Waals surface area contributed by atoms with E-state index in [2.05, 4.69) is 0 Å². The van der Waals surface area contributed by atoms with E-state index in [1.807, 2.05) is 0 Å². The van der Waals surface area contributed by atoms with Gasteiger partial charge in [-0.3, -0.25) is 24.1 Å². The van der Waals surface area contributed by atoms with E-state index in [-0.39, 0.29) is 11.5 Å². The van der Waals surface area contributed by atoms with Gasteiger partial charge in [-0.2, -0.15) is 0 Å². The van der Waals surface area contributed by atoms with Crippen LogP contribution in [0.3, 0.4) is 0 Å². The molecule has 0 aliphatic carbocycles. The molecule has 1 saturated heterocycles. The Morgan fingerprint density at radius 1 is 1.27 bits per heavy atom. The molecule has 3 N–H and O–H groups in total. The lowest BCUT2D eigenvalue weighted by Gasteiger charge is -2.11. The minimum Gasteiger partial charge on any atom is -0.490 e. The van der Waals surface area contributed by atoms with Gasteiger partial charge < -0.3 is 20.3 Å². The molecule has 0 spiro atoms. The second kappa shape index (κ2) is 8.39. The Hall–Kier alpha value is -3.01.